The van der Waals surface area contributed by atoms with Crippen molar-refractivity contribution in [1.82, 2.24) is 10.2 Å². The zero-order valence-corrected chi connectivity index (χ0v) is 12.4. The molecule has 0 spiro atoms. The van der Waals surface area contributed by atoms with E-state index in [1.54, 1.807) is 6.07 Å². The molecule has 0 bridgehead atoms. The highest BCUT2D eigenvalue weighted by Gasteiger charge is 2.17. The van der Waals surface area contributed by atoms with E-state index in [1.165, 1.54) is 12.1 Å². The highest BCUT2D eigenvalue weighted by molar-refractivity contribution is 6.30. The summed E-state index contributed by atoms with van der Waals surface area (Å²) < 4.78 is 0. The SMILES string of the molecule is O=C(CCNCc1cc(Cl)ccc1[N+](=O)[O-])N1CCCC1. The van der Waals surface area contributed by atoms with Crippen molar-refractivity contribution in [1.29, 1.82) is 0 Å². The zero-order chi connectivity index (χ0) is 15.2. The fourth-order valence-electron chi connectivity index (χ4n) is 2.42. The largest absolute Gasteiger partial charge is 0.343 e. The number of nitrogens with zero attached hydrogens (tertiary/aromatic N) is 2. The third kappa shape index (κ3) is 4.41. The van der Waals surface area contributed by atoms with Crippen LogP contribution >= 0.6 is 11.6 Å². The average molecular weight is 312 g/mol. The Kier molecular flexibility index (Phi) is 5.52. The summed E-state index contributed by atoms with van der Waals surface area (Å²) in [7, 11) is 0. The molecular weight excluding hydrogens is 294 g/mol. The maximum atomic E-state index is 11.8. The monoisotopic (exact) mass is 311 g/mol. The number of nitro groups is 1. The Balaban J connectivity index is 1.81. The first-order valence-electron chi connectivity index (χ1n) is 6.99. The van der Waals surface area contributed by atoms with Crippen molar-refractivity contribution in [2.45, 2.75) is 25.8 Å². The maximum Gasteiger partial charge on any atom is 0.273 e. The molecular formula is C14H18ClN3O3. The molecule has 6 nitrogen and oxygen atoms in total. The van der Waals surface area contributed by atoms with Gasteiger partial charge in [0.1, 0.15) is 0 Å². The Hall–Kier alpha value is -1.66. The number of nitrogens with one attached hydrogen (secondary N) is 1. The van der Waals surface area contributed by atoms with Gasteiger partial charge >= 0.3 is 0 Å². The van der Waals surface area contributed by atoms with Gasteiger partial charge in [-0.2, -0.15) is 0 Å². The highest BCUT2D eigenvalue weighted by Crippen LogP contribution is 2.22. The highest BCUT2D eigenvalue weighted by atomic mass is 35.5. The van der Waals surface area contributed by atoms with E-state index in [9.17, 15) is 14.9 Å². The maximum absolute atomic E-state index is 11.8. The lowest BCUT2D eigenvalue weighted by Crippen LogP contribution is -2.30. The molecule has 0 aromatic heterocycles. The lowest BCUT2D eigenvalue weighted by molar-refractivity contribution is -0.385. The van der Waals surface area contributed by atoms with E-state index in [2.05, 4.69) is 5.32 Å². The van der Waals surface area contributed by atoms with Gasteiger partial charge < -0.3 is 10.2 Å². The van der Waals surface area contributed by atoms with Gasteiger partial charge in [0.15, 0.2) is 0 Å². The van der Waals surface area contributed by atoms with Crippen molar-refractivity contribution in [3.63, 3.8) is 0 Å². The van der Waals surface area contributed by atoms with Crippen LogP contribution in [-0.4, -0.2) is 35.4 Å². The summed E-state index contributed by atoms with van der Waals surface area (Å²) in [6.45, 7) is 2.51. The minimum Gasteiger partial charge on any atom is -0.343 e. The van der Waals surface area contributed by atoms with E-state index in [4.69, 9.17) is 11.6 Å². The Bertz CT molecular complexity index is 530. The fraction of sp³-hybridized carbons (Fsp3) is 0.500. The summed E-state index contributed by atoms with van der Waals surface area (Å²) in [6, 6.07) is 4.48. The van der Waals surface area contributed by atoms with Gasteiger partial charge in [0, 0.05) is 49.3 Å². The third-order valence-corrected chi connectivity index (χ3v) is 3.76. The van der Waals surface area contributed by atoms with Crippen molar-refractivity contribution in [2.75, 3.05) is 19.6 Å². The molecule has 114 valence electrons. The molecule has 0 radical (unpaired) electrons. The smallest absolute Gasteiger partial charge is 0.273 e. The van der Waals surface area contributed by atoms with Crippen LogP contribution in [0, 0.1) is 10.1 Å². The first kappa shape index (κ1) is 15.7. The second-order valence-corrected chi connectivity index (χ2v) is 5.48. The second-order valence-electron chi connectivity index (χ2n) is 5.04. The molecule has 0 unspecified atom stereocenters. The quantitative estimate of drug-likeness (QED) is 0.497. The number of nitro benzene ring substituents is 1. The minimum atomic E-state index is -0.428. The van der Waals surface area contributed by atoms with Gasteiger partial charge in [-0.05, 0) is 25.0 Å². The Labute approximate surface area is 128 Å². The lowest BCUT2D eigenvalue weighted by atomic mass is 10.2. The van der Waals surface area contributed by atoms with Crippen LogP contribution < -0.4 is 5.32 Å². The van der Waals surface area contributed by atoms with Gasteiger partial charge in [-0.3, -0.25) is 14.9 Å². The zero-order valence-electron chi connectivity index (χ0n) is 11.7. The van der Waals surface area contributed by atoms with Crippen LogP contribution in [0.2, 0.25) is 5.02 Å². The molecule has 1 aliphatic rings. The minimum absolute atomic E-state index is 0.0396. The predicted molar refractivity (Wildman–Crippen MR) is 80.2 cm³/mol. The Morgan fingerprint density at radius 3 is 2.76 bits per heavy atom. The van der Waals surface area contributed by atoms with Crippen molar-refractivity contribution < 1.29 is 9.72 Å². The number of likely N-dealkylation sites (tertiary alicyclic amines) is 1. The number of hydrogen-bond donors (Lipinski definition) is 1. The molecule has 1 saturated heterocycles. The van der Waals surface area contributed by atoms with Crippen LogP contribution in [0.1, 0.15) is 24.8 Å². The van der Waals surface area contributed by atoms with Crippen molar-refractivity contribution >= 4 is 23.2 Å². The lowest BCUT2D eigenvalue weighted by Gasteiger charge is -2.15. The molecule has 1 heterocycles. The van der Waals surface area contributed by atoms with Crippen molar-refractivity contribution in [3.05, 3.63) is 38.9 Å². The van der Waals surface area contributed by atoms with E-state index in [0.717, 1.165) is 25.9 Å². The topological polar surface area (TPSA) is 75.5 Å². The van der Waals surface area contributed by atoms with Crippen molar-refractivity contribution in [2.24, 2.45) is 0 Å². The summed E-state index contributed by atoms with van der Waals surface area (Å²) in [4.78, 5) is 24.2. The third-order valence-electron chi connectivity index (χ3n) is 3.53. The molecule has 1 amide bonds. The summed E-state index contributed by atoms with van der Waals surface area (Å²) in [5.41, 5.74) is 0.568. The molecule has 1 aromatic rings. The van der Waals surface area contributed by atoms with Crippen LogP contribution in [0.3, 0.4) is 0 Å². The predicted octanol–water partition coefficient (Wildman–Crippen LogP) is 2.35. The number of hydrogen-bond acceptors (Lipinski definition) is 4. The number of carbonyl (C=O) groups excluding carboxylic acids is 1. The van der Waals surface area contributed by atoms with Crippen LogP contribution in [0.5, 0.6) is 0 Å². The van der Waals surface area contributed by atoms with E-state index < -0.39 is 4.92 Å². The van der Waals surface area contributed by atoms with Gasteiger partial charge in [0.2, 0.25) is 5.91 Å². The molecule has 7 heteroatoms. The summed E-state index contributed by atoms with van der Waals surface area (Å²) in [5.74, 6) is 0.139. The van der Waals surface area contributed by atoms with Gasteiger partial charge in [-0.1, -0.05) is 11.6 Å². The van der Waals surface area contributed by atoms with E-state index in [1.807, 2.05) is 4.90 Å². The average Bonchev–Trinajstić information content (AvgIpc) is 2.97. The molecule has 0 atom stereocenters. The number of halogens is 1. The molecule has 21 heavy (non-hydrogen) atoms. The molecule has 1 aromatic carbocycles. The molecule has 2 rings (SSSR count). The van der Waals surface area contributed by atoms with E-state index >= 15 is 0 Å². The standard InChI is InChI=1S/C14H18ClN3O3/c15-12-3-4-13(18(20)21)11(9-12)10-16-6-5-14(19)17-7-1-2-8-17/h3-4,9,16H,1-2,5-8,10H2. The molecule has 1 fully saturated rings. The van der Waals surface area contributed by atoms with E-state index in [0.29, 0.717) is 30.1 Å². The number of amides is 1. The summed E-state index contributed by atoms with van der Waals surface area (Å²) >= 11 is 5.86. The summed E-state index contributed by atoms with van der Waals surface area (Å²) in [6.07, 6.45) is 2.57. The van der Waals surface area contributed by atoms with Crippen LogP contribution in [0.15, 0.2) is 18.2 Å². The normalized spacial score (nSPS) is 14.4. The molecule has 0 aliphatic carbocycles. The van der Waals surface area contributed by atoms with Gasteiger partial charge in [0.25, 0.3) is 5.69 Å². The number of benzene rings is 1. The van der Waals surface area contributed by atoms with E-state index in [-0.39, 0.29) is 11.6 Å². The Morgan fingerprint density at radius 2 is 2.10 bits per heavy atom. The van der Waals surface area contributed by atoms with Crippen LogP contribution in [0.25, 0.3) is 0 Å². The van der Waals surface area contributed by atoms with Gasteiger partial charge in [-0.25, -0.2) is 0 Å². The number of rotatable bonds is 6. The second kappa shape index (κ2) is 7.38. The molecule has 0 saturated carbocycles. The van der Waals surface area contributed by atoms with Crippen LogP contribution in [-0.2, 0) is 11.3 Å². The first-order chi connectivity index (χ1) is 10.1. The van der Waals surface area contributed by atoms with Gasteiger partial charge in [0.05, 0.1) is 4.92 Å². The summed E-state index contributed by atoms with van der Waals surface area (Å²) in [5, 5.41) is 14.5. The first-order valence-corrected chi connectivity index (χ1v) is 7.37. The van der Waals surface area contributed by atoms with Crippen LogP contribution in [0.4, 0.5) is 5.69 Å². The van der Waals surface area contributed by atoms with Gasteiger partial charge in [-0.15, -0.1) is 0 Å². The molecule has 1 N–H and O–H groups in total. The number of carbonyl (C=O) groups is 1. The fourth-order valence-corrected chi connectivity index (χ4v) is 2.61. The van der Waals surface area contributed by atoms with Crippen molar-refractivity contribution in [3.8, 4) is 0 Å². The Morgan fingerprint density at radius 1 is 1.38 bits per heavy atom. The molecule has 1 aliphatic heterocycles.